The molecule has 2 N–H and O–H groups in total. The van der Waals surface area contributed by atoms with E-state index in [-0.39, 0.29) is 5.97 Å². The molecule has 0 aliphatic carbocycles. The van der Waals surface area contributed by atoms with Gasteiger partial charge >= 0.3 is 5.97 Å². The lowest BCUT2D eigenvalue weighted by Crippen LogP contribution is -2.24. The Morgan fingerprint density at radius 3 is 2.32 bits per heavy atom. The van der Waals surface area contributed by atoms with Gasteiger partial charge in [-0.3, -0.25) is 0 Å². The Balaban J connectivity index is 1.60. The fourth-order valence-corrected chi connectivity index (χ4v) is 3.34. The molecular formula is C27H31NO3. The summed E-state index contributed by atoms with van der Waals surface area (Å²) < 4.78 is 11.5. The molecule has 162 valence electrons. The van der Waals surface area contributed by atoms with E-state index in [0.717, 1.165) is 36.1 Å². The number of esters is 1. The van der Waals surface area contributed by atoms with Crippen molar-refractivity contribution in [2.24, 2.45) is 0 Å². The molecule has 4 heteroatoms. The van der Waals surface area contributed by atoms with Crippen molar-refractivity contribution in [3.63, 3.8) is 0 Å². The van der Waals surface area contributed by atoms with Crippen LogP contribution >= 0.6 is 0 Å². The lowest BCUT2D eigenvalue weighted by molar-refractivity contribution is 0.00706. The number of hydrogen-bond acceptors (Lipinski definition) is 4. The summed E-state index contributed by atoms with van der Waals surface area (Å²) in [6.07, 6.45) is 2.66. The predicted octanol–water partition coefficient (Wildman–Crippen LogP) is 5.98. The Morgan fingerprint density at radius 2 is 1.58 bits per heavy atom. The van der Waals surface area contributed by atoms with Gasteiger partial charge in [-0.1, -0.05) is 54.6 Å². The topological polar surface area (TPSA) is 61.5 Å². The summed E-state index contributed by atoms with van der Waals surface area (Å²) >= 11 is 0. The highest BCUT2D eigenvalue weighted by atomic mass is 16.6. The fraction of sp³-hybridized carbons (Fsp3) is 0.296. The van der Waals surface area contributed by atoms with Gasteiger partial charge in [0.05, 0.1) is 5.56 Å². The van der Waals surface area contributed by atoms with Crippen molar-refractivity contribution in [2.45, 2.75) is 52.2 Å². The number of carbonyl (C=O) groups excluding carboxylic acids is 1. The van der Waals surface area contributed by atoms with Gasteiger partial charge in [0, 0.05) is 5.69 Å². The number of rotatable bonds is 8. The van der Waals surface area contributed by atoms with Crippen LogP contribution in [-0.4, -0.2) is 11.6 Å². The molecule has 0 spiro atoms. The normalized spacial score (nSPS) is 11.2. The van der Waals surface area contributed by atoms with Gasteiger partial charge in [0.1, 0.15) is 18.0 Å². The molecule has 0 heterocycles. The number of benzene rings is 3. The van der Waals surface area contributed by atoms with Crippen molar-refractivity contribution in [3.8, 4) is 5.75 Å². The monoisotopic (exact) mass is 417 g/mol. The van der Waals surface area contributed by atoms with Crippen LogP contribution < -0.4 is 10.5 Å². The van der Waals surface area contributed by atoms with Gasteiger partial charge in [-0.05, 0) is 74.9 Å². The maximum atomic E-state index is 12.4. The summed E-state index contributed by atoms with van der Waals surface area (Å²) in [5.41, 5.74) is 9.73. The Labute approximate surface area is 185 Å². The van der Waals surface area contributed by atoms with E-state index in [0.29, 0.717) is 17.9 Å². The standard InChI is InChI=1S/C27H31NO3/c1-27(2,3)31-26(29)23-18-20(16-17-24(23)28)12-9-14-22-13-7-8-15-25(22)30-19-21-10-5-4-6-11-21/h4-8,10-11,13,15-18H,9,12,14,19,28H2,1-3H3. The Morgan fingerprint density at radius 1 is 0.871 bits per heavy atom. The number of aryl methyl sites for hydroxylation is 2. The summed E-state index contributed by atoms with van der Waals surface area (Å²) in [5, 5.41) is 0. The van der Waals surface area contributed by atoms with E-state index in [1.165, 1.54) is 5.56 Å². The molecule has 0 bridgehead atoms. The predicted molar refractivity (Wildman–Crippen MR) is 125 cm³/mol. The summed E-state index contributed by atoms with van der Waals surface area (Å²) in [5.74, 6) is 0.532. The van der Waals surface area contributed by atoms with Gasteiger partial charge < -0.3 is 15.2 Å². The van der Waals surface area contributed by atoms with Gasteiger partial charge in [-0.15, -0.1) is 0 Å². The number of nitrogens with two attached hydrogens (primary N) is 1. The minimum Gasteiger partial charge on any atom is -0.489 e. The zero-order valence-electron chi connectivity index (χ0n) is 18.6. The van der Waals surface area contributed by atoms with Gasteiger partial charge in [0.2, 0.25) is 0 Å². The first-order chi connectivity index (χ1) is 14.8. The maximum Gasteiger partial charge on any atom is 0.340 e. The molecule has 0 saturated heterocycles. The zero-order valence-corrected chi connectivity index (χ0v) is 18.6. The number of anilines is 1. The number of para-hydroxylation sites is 1. The van der Waals surface area contributed by atoms with Crippen LogP contribution in [0.1, 0.15) is 54.2 Å². The van der Waals surface area contributed by atoms with Crippen LogP contribution in [0.25, 0.3) is 0 Å². The van der Waals surface area contributed by atoms with Crippen molar-refractivity contribution in [1.82, 2.24) is 0 Å². The van der Waals surface area contributed by atoms with Crippen molar-refractivity contribution >= 4 is 11.7 Å². The van der Waals surface area contributed by atoms with Crippen LogP contribution in [0.15, 0.2) is 72.8 Å². The molecule has 3 aromatic rings. The number of hydrogen-bond donors (Lipinski definition) is 1. The molecule has 0 aliphatic rings. The molecule has 3 rings (SSSR count). The molecule has 0 amide bonds. The van der Waals surface area contributed by atoms with E-state index in [2.05, 4.69) is 18.2 Å². The molecule has 0 atom stereocenters. The molecule has 0 radical (unpaired) electrons. The number of nitrogen functional groups attached to an aromatic ring is 1. The first-order valence-electron chi connectivity index (χ1n) is 10.7. The van der Waals surface area contributed by atoms with E-state index in [9.17, 15) is 4.79 Å². The van der Waals surface area contributed by atoms with E-state index in [4.69, 9.17) is 15.2 Å². The average molecular weight is 418 g/mol. The number of ether oxygens (including phenoxy) is 2. The summed E-state index contributed by atoms with van der Waals surface area (Å²) in [4.78, 5) is 12.4. The van der Waals surface area contributed by atoms with Crippen LogP contribution in [0.4, 0.5) is 5.69 Å². The van der Waals surface area contributed by atoms with E-state index < -0.39 is 5.60 Å². The first kappa shape index (κ1) is 22.4. The van der Waals surface area contributed by atoms with E-state index >= 15 is 0 Å². The molecular weight excluding hydrogens is 386 g/mol. The lowest BCUT2D eigenvalue weighted by atomic mass is 10.0. The quantitative estimate of drug-likeness (QED) is 0.362. The molecule has 0 unspecified atom stereocenters. The van der Waals surface area contributed by atoms with Crippen molar-refractivity contribution in [2.75, 3.05) is 5.73 Å². The molecule has 0 aromatic heterocycles. The highest BCUT2D eigenvalue weighted by Gasteiger charge is 2.20. The largest absolute Gasteiger partial charge is 0.489 e. The van der Waals surface area contributed by atoms with Crippen molar-refractivity contribution in [3.05, 3.63) is 95.1 Å². The third kappa shape index (κ3) is 6.88. The second-order valence-corrected chi connectivity index (χ2v) is 8.66. The zero-order chi connectivity index (χ0) is 22.3. The van der Waals surface area contributed by atoms with Crippen LogP contribution in [0.5, 0.6) is 5.75 Å². The summed E-state index contributed by atoms with van der Waals surface area (Å²) in [6.45, 7) is 6.10. The fourth-order valence-electron chi connectivity index (χ4n) is 3.34. The SMILES string of the molecule is CC(C)(C)OC(=O)c1cc(CCCc2ccccc2OCc2ccccc2)ccc1N. The second kappa shape index (κ2) is 10.2. The lowest BCUT2D eigenvalue weighted by Gasteiger charge is -2.20. The van der Waals surface area contributed by atoms with E-state index in [1.807, 2.05) is 69.3 Å². The Hall–Kier alpha value is -3.27. The third-order valence-electron chi connectivity index (χ3n) is 4.86. The van der Waals surface area contributed by atoms with Gasteiger partial charge in [0.15, 0.2) is 0 Å². The average Bonchev–Trinajstić information content (AvgIpc) is 2.73. The molecule has 31 heavy (non-hydrogen) atoms. The maximum absolute atomic E-state index is 12.4. The summed E-state index contributed by atoms with van der Waals surface area (Å²) in [7, 11) is 0. The molecule has 3 aromatic carbocycles. The third-order valence-corrected chi connectivity index (χ3v) is 4.86. The molecule has 4 nitrogen and oxygen atoms in total. The minimum absolute atomic E-state index is 0.383. The molecule has 0 saturated carbocycles. The van der Waals surface area contributed by atoms with Gasteiger partial charge in [0.25, 0.3) is 0 Å². The number of carbonyl (C=O) groups is 1. The Bertz CT molecular complexity index is 1010. The summed E-state index contributed by atoms with van der Waals surface area (Å²) in [6, 6.07) is 23.9. The molecule has 0 fully saturated rings. The van der Waals surface area contributed by atoms with Gasteiger partial charge in [-0.25, -0.2) is 4.79 Å². The highest BCUT2D eigenvalue weighted by Crippen LogP contribution is 2.23. The van der Waals surface area contributed by atoms with Crippen molar-refractivity contribution in [1.29, 1.82) is 0 Å². The van der Waals surface area contributed by atoms with Crippen LogP contribution in [-0.2, 0) is 24.2 Å². The smallest absolute Gasteiger partial charge is 0.340 e. The Kier molecular flexibility index (Phi) is 7.35. The first-order valence-corrected chi connectivity index (χ1v) is 10.7. The highest BCUT2D eigenvalue weighted by molar-refractivity contribution is 5.95. The minimum atomic E-state index is -0.553. The van der Waals surface area contributed by atoms with Gasteiger partial charge in [-0.2, -0.15) is 0 Å². The van der Waals surface area contributed by atoms with Crippen molar-refractivity contribution < 1.29 is 14.3 Å². The second-order valence-electron chi connectivity index (χ2n) is 8.66. The molecule has 0 aliphatic heterocycles. The van der Waals surface area contributed by atoms with Crippen LogP contribution in [0.2, 0.25) is 0 Å². The van der Waals surface area contributed by atoms with Crippen LogP contribution in [0, 0.1) is 0 Å². The van der Waals surface area contributed by atoms with Crippen LogP contribution in [0.3, 0.4) is 0 Å². The van der Waals surface area contributed by atoms with E-state index in [1.54, 1.807) is 6.07 Å².